The number of likely N-dealkylation sites (tertiary alicyclic amines) is 1. The summed E-state index contributed by atoms with van der Waals surface area (Å²) in [5.74, 6) is -1.27. The van der Waals surface area contributed by atoms with Gasteiger partial charge >= 0.3 is 5.97 Å². The number of ether oxygens (including phenoxy) is 1. The Kier molecular flexibility index (Phi) is 6.39. The smallest absolute Gasteiger partial charge is 0.337 e. The van der Waals surface area contributed by atoms with Gasteiger partial charge in [-0.3, -0.25) is 9.59 Å². The molecular weight excluding hydrogens is 346 g/mol. The van der Waals surface area contributed by atoms with Gasteiger partial charge in [0.25, 0.3) is 0 Å². The third kappa shape index (κ3) is 4.93. The fourth-order valence-electron chi connectivity index (χ4n) is 2.59. The Morgan fingerprint density at radius 2 is 2.12 bits per heavy atom. The standard InChI is InChI=1S/C17H22ClN3O4/c1-20(2)6-7-21-10-12(9-15(21)22)16(23)19-14-8-11(17(24)25-3)4-5-13(14)18/h4-5,8,12H,6-7,9-10H2,1-3H3,(H,19,23). The number of esters is 1. The maximum absolute atomic E-state index is 12.5. The Bertz CT molecular complexity index is 678. The number of amides is 2. The highest BCUT2D eigenvalue weighted by Crippen LogP contribution is 2.26. The van der Waals surface area contributed by atoms with E-state index in [0.29, 0.717) is 23.8 Å². The number of likely N-dealkylation sites (N-methyl/N-ethyl adjacent to an activating group) is 1. The molecule has 8 heteroatoms. The second kappa shape index (κ2) is 8.31. The quantitative estimate of drug-likeness (QED) is 0.770. The van der Waals surface area contributed by atoms with Crippen molar-refractivity contribution < 1.29 is 19.1 Å². The molecule has 1 aromatic carbocycles. The minimum absolute atomic E-state index is 0.0311. The van der Waals surface area contributed by atoms with Crippen LogP contribution in [-0.4, -0.2) is 68.4 Å². The van der Waals surface area contributed by atoms with Crippen LogP contribution >= 0.6 is 11.6 Å². The fourth-order valence-corrected chi connectivity index (χ4v) is 2.75. The zero-order valence-corrected chi connectivity index (χ0v) is 15.3. The van der Waals surface area contributed by atoms with E-state index in [2.05, 4.69) is 10.1 Å². The average Bonchev–Trinajstić information content (AvgIpc) is 2.95. The molecule has 2 amide bonds. The zero-order chi connectivity index (χ0) is 18.6. The molecule has 1 aliphatic rings. The molecular formula is C17H22ClN3O4. The predicted octanol–water partition coefficient (Wildman–Crippen LogP) is 1.48. The Morgan fingerprint density at radius 3 is 2.76 bits per heavy atom. The van der Waals surface area contributed by atoms with Gasteiger partial charge in [0.1, 0.15) is 0 Å². The molecule has 136 valence electrons. The van der Waals surface area contributed by atoms with E-state index in [-0.39, 0.29) is 23.8 Å². The van der Waals surface area contributed by atoms with Gasteiger partial charge in [0, 0.05) is 26.1 Å². The van der Waals surface area contributed by atoms with E-state index in [4.69, 9.17) is 11.6 Å². The van der Waals surface area contributed by atoms with Gasteiger partial charge in [0.05, 0.1) is 29.3 Å². The van der Waals surface area contributed by atoms with Gasteiger partial charge < -0.3 is 19.9 Å². The van der Waals surface area contributed by atoms with Crippen molar-refractivity contribution in [2.45, 2.75) is 6.42 Å². The molecule has 0 saturated carbocycles. The molecule has 1 aromatic rings. The third-order valence-corrected chi connectivity index (χ3v) is 4.38. The minimum Gasteiger partial charge on any atom is -0.465 e. The second-order valence-electron chi connectivity index (χ2n) is 6.22. The topological polar surface area (TPSA) is 78.9 Å². The number of benzene rings is 1. The van der Waals surface area contributed by atoms with Gasteiger partial charge in [0.15, 0.2) is 0 Å². The first kappa shape index (κ1) is 19.2. The van der Waals surface area contributed by atoms with Crippen LogP contribution in [-0.2, 0) is 14.3 Å². The number of anilines is 1. The summed E-state index contributed by atoms with van der Waals surface area (Å²) < 4.78 is 4.66. The van der Waals surface area contributed by atoms with Gasteiger partial charge in [0.2, 0.25) is 11.8 Å². The SMILES string of the molecule is COC(=O)c1ccc(Cl)c(NC(=O)C2CC(=O)N(CCN(C)C)C2)c1. The molecule has 0 spiro atoms. The molecule has 0 aliphatic carbocycles. The van der Waals surface area contributed by atoms with E-state index in [9.17, 15) is 14.4 Å². The number of nitrogens with zero attached hydrogens (tertiary/aromatic N) is 2. The highest BCUT2D eigenvalue weighted by Gasteiger charge is 2.34. The van der Waals surface area contributed by atoms with E-state index in [0.717, 1.165) is 6.54 Å². The lowest BCUT2D eigenvalue weighted by atomic mass is 10.1. The van der Waals surface area contributed by atoms with Crippen LogP contribution in [0.1, 0.15) is 16.8 Å². The first-order valence-electron chi connectivity index (χ1n) is 7.93. The monoisotopic (exact) mass is 367 g/mol. The molecule has 1 heterocycles. The van der Waals surface area contributed by atoms with Crippen LogP contribution in [0.15, 0.2) is 18.2 Å². The summed E-state index contributed by atoms with van der Waals surface area (Å²) in [6, 6.07) is 4.51. The minimum atomic E-state index is -0.516. The summed E-state index contributed by atoms with van der Waals surface area (Å²) >= 11 is 6.09. The zero-order valence-electron chi connectivity index (χ0n) is 14.5. The second-order valence-corrected chi connectivity index (χ2v) is 6.63. The van der Waals surface area contributed by atoms with Crippen molar-refractivity contribution in [3.8, 4) is 0 Å². The number of carbonyl (C=O) groups is 3. The van der Waals surface area contributed by atoms with E-state index in [1.165, 1.54) is 25.3 Å². The number of rotatable bonds is 6. The summed E-state index contributed by atoms with van der Waals surface area (Å²) in [6.07, 6.45) is 0.174. The van der Waals surface area contributed by atoms with E-state index >= 15 is 0 Å². The Morgan fingerprint density at radius 1 is 1.40 bits per heavy atom. The first-order valence-corrected chi connectivity index (χ1v) is 8.31. The largest absolute Gasteiger partial charge is 0.465 e. The van der Waals surface area contributed by atoms with Crippen LogP contribution in [0.3, 0.4) is 0 Å². The average molecular weight is 368 g/mol. The van der Waals surface area contributed by atoms with Crippen molar-refractivity contribution in [3.63, 3.8) is 0 Å². The lowest BCUT2D eigenvalue weighted by Gasteiger charge is -2.19. The molecule has 1 unspecified atom stereocenters. The van der Waals surface area contributed by atoms with Crippen LogP contribution in [0.25, 0.3) is 0 Å². The molecule has 7 nitrogen and oxygen atoms in total. The van der Waals surface area contributed by atoms with Crippen LogP contribution in [0, 0.1) is 5.92 Å². The molecule has 2 rings (SSSR count). The van der Waals surface area contributed by atoms with Crippen LogP contribution in [0.5, 0.6) is 0 Å². The molecule has 0 bridgehead atoms. The van der Waals surface area contributed by atoms with Crippen molar-refractivity contribution in [3.05, 3.63) is 28.8 Å². The van der Waals surface area contributed by atoms with Gasteiger partial charge in [-0.25, -0.2) is 4.79 Å². The fraction of sp³-hybridized carbons (Fsp3) is 0.471. The van der Waals surface area contributed by atoms with E-state index < -0.39 is 11.9 Å². The van der Waals surface area contributed by atoms with Crippen LogP contribution in [0.4, 0.5) is 5.69 Å². The Balaban J connectivity index is 2.03. The highest BCUT2D eigenvalue weighted by molar-refractivity contribution is 6.33. The molecule has 0 aromatic heterocycles. The van der Waals surface area contributed by atoms with Crippen molar-refractivity contribution >= 4 is 35.1 Å². The van der Waals surface area contributed by atoms with Crippen molar-refractivity contribution in [1.82, 2.24) is 9.80 Å². The highest BCUT2D eigenvalue weighted by atomic mass is 35.5. The van der Waals surface area contributed by atoms with E-state index in [1.807, 2.05) is 19.0 Å². The summed E-state index contributed by atoms with van der Waals surface area (Å²) in [4.78, 5) is 39.8. The van der Waals surface area contributed by atoms with Crippen molar-refractivity contribution in [2.24, 2.45) is 5.92 Å². The molecule has 0 radical (unpaired) electrons. The van der Waals surface area contributed by atoms with Crippen LogP contribution < -0.4 is 5.32 Å². The van der Waals surface area contributed by atoms with Crippen molar-refractivity contribution in [2.75, 3.05) is 46.2 Å². The molecule has 25 heavy (non-hydrogen) atoms. The summed E-state index contributed by atoms with van der Waals surface area (Å²) in [5, 5.41) is 3.02. The lowest BCUT2D eigenvalue weighted by molar-refractivity contribution is -0.128. The number of carbonyl (C=O) groups excluding carboxylic acids is 3. The first-order chi connectivity index (χ1) is 11.8. The molecule has 1 atom stereocenters. The molecule has 1 saturated heterocycles. The van der Waals surface area contributed by atoms with Gasteiger partial charge in [-0.1, -0.05) is 11.6 Å². The maximum Gasteiger partial charge on any atom is 0.337 e. The summed E-state index contributed by atoms with van der Waals surface area (Å²) in [7, 11) is 5.14. The lowest BCUT2D eigenvalue weighted by Crippen LogP contribution is -2.34. The van der Waals surface area contributed by atoms with Gasteiger partial charge in [-0.2, -0.15) is 0 Å². The summed E-state index contributed by atoms with van der Waals surface area (Å²) in [5.41, 5.74) is 0.617. The maximum atomic E-state index is 12.5. The normalized spacial score (nSPS) is 17.1. The Hall–Kier alpha value is -2.12. The summed E-state index contributed by atoms with van der Waals surface area (Å²) in [6.45, 7) is 1.72. The van der Waals surface area contributed by atoms with Gasteiger partial charge in [-0.15, -0.1) is 0 Å². The van der Waals surface area contributed by atoms with Gasteiger partial charge in [-0.05, 0) is 32.3 Å². The number of nitrogens with one attached hydrogen (secondary N) is 1. The van der Waals surface area contributed by atoms with Crippen LogP contribution in [0.2, 0.25) is 5.02 Å². The molecule has 1 aliphatic heterocycles. The Labute approximate surface area is 151 Å². The number of halogens is 1. The number of methoxy groups -OCH3 is 1. The third-order valence-electron chi connectivity index (χ3n) is 4.05. The number of hydrogen-bond donors (Lipinski definition) is 1. The number of hydrogen-bond acceptors (Lipinski definition) is 5. The van der Waals surface area contributed by atoms with E-state index in [1.54, 1.807) is 4.90 Å². The van der Waals surface area contributed by atoms with Crippen molar-refractivity contribution in [1.29, 1.82) is 0 Å². The molecule has 1 fully saturated rings. The molecule has 1 N–H and O–H groups in total. The predicted molar refractivity (Wildman–Crippen MR) is 94.7 cm³/mol.